The van der Waals surface area contributed by atoms with Crippen LogP contribution in [0.4, 0.5) is 0 Å². The first-order chi connectivity index (χ1) is 19.4. The minimum absolute atomic E-state index is 0. The molecule has 13 heteroatoms. The molecule has 4 aromatic rings. The summed E-state index contributed by atoms with van der Waals surface area (Å²) in [6.07, 6.45) is 6.65. The Labute approximate surface area is 259 Å². The number of rotatable bonds is 6. The molecule has 0 unspecified atom stereocenters. The first kappa shape index (κ1) is 30.4. The Morgan fingerprint density at radius 1 is 1.00 bits per heavy atom. The second-order valence-electron chi connectivity index (χ2n) is 8.64. The number of hydrogen-bond donors (Lipinski definition) is 0. The van der Waals surface area contributed by atoms with E-state index >= 15 is 0 Å². The van der Waals surface area contributed by atoms with E-state index in [1.165, 1.54) is 17.7 Å². The zero-order chi connectivity index (χ0) is 28.6. The summed E-state index contributed by atoms with van der Waals surface area (Å²) in [4.78, 5) is 0. The summed E-state index contributed by atoms with van der Waals surface area (Å²) >= 11 is 8.84. The van der Waals surface area contributed by atoms with Gasteiger partial charge >= 0.3 is 0 Å². The molecule has 0 amide bonds. The zero-order valence-corrected chi connectivity index (χ0v) is 25.9. The summed E-state index contributed by atoms with van der Waals surface area (Å²) in [6, 6.07) is 7.94. The molecule has 212 valence electrons. The maximum Gasteiger partial charge on any atom is 0.138 e. The molecule has 0 saturated carbocycles. The standard InChI is InChI=1S/C12H10BrN3O2S.C12H10BrN3OS.C2H6.CH4/c13-11-1-10(18-5-8-6-19(17)7-8)4-16-12(11)9(2-14)3-15-16;13-11-1-10(17-5-8-6-18-7-8)4-16-12(11)9(2-14)3-15-16;1-2;/h1,3-4,8H,5-7H2;1,3-4,8H,5-7H2;1-2H3;1H4/i;;1D;. The normalized spacial score (nSPS) is 17.8. The van der Waals surface area contributed by atoms with Crippen LogP contribution in [-0.4, -0.2) is 59.7 Å². The number of nitriles is 2. The molecule has 2 saturated heterocycles. The first-order valence-corrected chi connectivity index (χ1v) is 16.2. The second kappa shape index (κ2) is 14.9. The number of pyridine rings is 2. The fraction of sp³-hybridized carbons (Fsp3) is 0.407. The third kappa shape index (κ3) is 7.38. The van der Waals surface area contributed by atoms with Crippen LogP contribution in [0.15, 0.2) is 45.9 Å². The van der Waals surface area contributed by atoms with Crippen LogP contribution < -0.4 is 9.47 Å². The van der Waals surface area contributed by atoms with E-state index in [0.29, 0.717) is 42.2 Å². The van der Waals surface area contributed by atoms with E-state index < -0.39 is 10.8 Å². The Morgan fingerprint density at radius 3 is 1.82 bits per heavy atom. The number of aromatic nitrogens is 4. The fourth-order valence-electron chi connectivity index (χ4n) is 3.80. The largest absolute Gasteiger partial charge is 0.492 e. The van der Waals surface area contributed by atoms with Crippen molar-refractivity contribution in [2.24, 2.45) is 11.8 Å². The Morgan fingerprint density at radius 2 is 1.45 bits per heavy atom. The smallest absolute Gasteiger partial charge is 0.138 e. The van der Waals surface area contributed by atoms with Crippen molar-refractivity contribution in [2.75, 3.05) is 36.2 Å². The van der Waals surface area contributed by atoms with Gasteiger partial charge in [0.15, 0.2) is 0 Å². The van der Waals surface area contributed by atoms with Gasteiger partial charge in [-0.2, -0.15) is 32.5 Å². The number of nitrogens with zero attached hydrogens (tertiary/aromatic N) is 6. The Kier molecular flexibility index (Phi) is 11.3. The Balaban J connectivity index is 0.000000202. The van der Waals surface area contributed by atoms with Gasteiger partial charge in [-0.05, 0) is 44.0 Å². The van der Waals surface area contributed by atoms with Crippen molar-refractivity contribution in [1.82, 2.24) is 19.2 Å². The lowest BCUT2D eigenvalue weighted by Crippen LogP contribution is -2.35. The molecule has 4 aromatic heterocycles. The molecule has 40 heavy (non-hydrogen) atoms. The lowest BCUT2D eigenvalue weighted by molar-refractivity contribution is 0.265. The van der Waals surface area contributed by atoms with Crippen LogP contribution in [0.2, 0.25) is 0 Å². The van der Waals surface area contributed by atoms with Gasteiger partial charge in [-0.1, -0.05) is 21.3 Å². The van der Waals surface area contributed by atoms with Crippen LogP contribution in [0.25, 0.3) is 11.0 Å². The van der Waals surface area contributed by atoms with Crippen LogP contribution in [0, 0.1) is 34.5 Å². The third-order valence-corrected chi connectivity index (χ3v) is 10.2. The molecule has 6 heterocycles. The van der Waals surface area contributed by atoms with E-state index in [1.54, 1.807) is 28.3 Å². The average Bonchev–Trinajstić information content (AvgIpc) is 3.50. The molecule has 6 rings (SSSR count). The lowest BCUT2D eigenvalue weighted by atomic mass is 10.2. The molecule has 9 nitrogen and oxygen atoms in total. The van der Waals surface area contributed by atoms with Crippen molar-refractivity contribution in [3.63, 3.8) is 0 Å². The molecular formula is C27H30Br2N6O3S2. The van der Waals surface area contributed by atoms with Crippen LogP contribution in [0.3, 0.4) is 0 Å². The summed E-state index contributed by atoms with van der Waals surface area (Å²) in [6.45, 7) is 3.60. The van der Waals surface area contributed by atoms with Gasteiger partial charge in [-0.25, -0.2) is 9.03 Å². The number of ether oxygens (including phenoxy) is 2. The minimum Gasteiger partial charge on any atom is -0.492 e. The van der Waals surface area contributed by atoms with Crippen LogP contribution in [0.1, 0.15) is 33.7 Å². The average molecular weight is 712 g/mol. The van der Waals surface area contributed by atoms with Gasteiger partial charge in [-0.15, -0.1) is 0 Å². The minimum atomic E-state index is -0.647. The molecule has 0 bridgehead atoms. The summed E-state index contributed by atoms with van der Waals surface area (Å²) in [5.41, 5.74) is 2.60. The van der Waals surface area contributed by atoms with E-state index in [9.17, 15) is 4.21 Å². The van der Waals surface area contributed by atoms with Crippen molar-refractivity contribution in [3.8, 4) is 23.6 Å². The molecule has 0 aromatic carbocycles. The van der Waals surface area contributed by atoms with Crippen molar-refractivity contribution in [3.05, 3.63) is 57.0 Å². The number of thioether (sulfide) groups is 1. The number of halogens is 2. The summed E-state index contributed by atoms with van der Waals surface area (Å²) in [5.74, 6) is 6.32. The summed E-state index contributed by atoms with van der Waals surface area (Å²) < 4.78 is 33.5. The second-order valence-corrected chi connectivity index (χ2v) is 13.0. The van der Waals surface area contributed by atoms with E-state index in [0.717, 1.165) is 43.8 Å². The highest BCUT2D eigenvalue weighted by atomic mass is 79.9. The molecular weight excluding hydrogens is 680 g/mol. The highest BCUT2D eigenvalue weighted by Crippen LogP contribution is 2.29. The fourth-order valence-corrected chi connectivity index (χ4v) is 6.95. The van der Waals surface area contributed by atoms with Gasteiger partial charge in [0.2, 0.25) is 0 Å². The molecule has 2 aliphatic heterocycles. The van der Waals surface area contributed by atoms with Gasteiger partial charge < -0.3 is 9.47 Å². The SMILES string of the molecule is C.N#Cc1cnn2cc(OCC3CS(=O)C3)cc(Br)c12.N#Cc1cnn2cc(OCC3CSC3)cc(Br)c12.[2H]CC. The zero-order valence-electron chi connectivity index (χ0n) is 22.0. The molecule has 0 atom stereocenters. The Hall–Kier alpha value is -2.58. The van der Waals surface area contributed by atoms with Crippen molar-refractivity contribution < 1.29 is 15.1 Å². The highest BCUT2D eigenvalue weighted by molar-refractivity contribution is 9.11. The predicted molar refractivity (Wildman–Crippen MR) is 166 cm³/mol. The van der Waals surface area contributed by atoms with Crippen molar-refractivity contribution in [1.29, 1.82) is 10.5 Å². The molecule has 0 aliphatic carbocycles. The van der Waals surface area contributed by atoms with Crippen molar-refractivity contribution in [2.45, 2.75) is 21.3 Å². The quantitative estimate of drug-likeness (QED) is 0.236. The van der Waals surface area contributed by atoms with Crippen LogP contribution in [0.5, 0.6) is 11.5 Å². The predicted octanol–water partition coefficient (Wildman–Crippen LogP) is 6.10. The monoisotopic (exact) mass is 709 g/mol. The summed E-state index contributed by atoms with van der Waals surface area (Å²) in [5, 5.41) is 26.2. The van der Waals surface area contributed by atoms with E-state index in [2.05, 4.69) is 54.2 Å². The van der Waals surface area contributed by atoms with Crippen LogP contribution in [-0.2, 0) is 10.8 Å². The van der Waals surface area contributed by atoms with Gasteiger partial charge in [-0.3, -0.25) is 4.21 Å². The lowest BCUT2D eigenvalue weighted by Gasteiger charge is -2.24. The Bertz CT molecular complexity index is 1590. The molecule has 0 spiro atoms. The van der Waals surface area contributed by atoms with E-state index in [-0.39, 0.29) is 7.43 Å². The topological polar surface area (TPSA) is 118 Å². The number of fused-ring (bicyclic) bond motifs is 2. The van der Waals surface area contributed by atoms with Crippen molar-refractivity contribution >= 4 is 65.5 Å². The summed E-state index contributed by atoms with van der Waals surface area (Å²) in [7, 11) is -0.647. The van der Waals surface area contributed by atoms with Gasteiger partial charge in [0, 0.05) is 56.0 Å². The van der Waals surface area contributed by atoms with Crippen LogP contribution >= 0.6 is 43.6 Å². The highest BCUT2D eigenvalue weighted by Gasteiger charge is 2.26. The van der Waals surface area contributed by atoms with Gasteiger partial charge in [0.1, 0.15) is 23.6 Å². The molecule has 2 aliphatic rings. The van der Waals surface area contributed by atoms with Gasteiger partial charge in [0.05, 0.1) is 60.2 Å². The van der Waals surface area contributed by atoms with E-state index in [1.807, 2.05) is 30.1 Å². The molecule has 0 N–H and O–H groups in total. The molecule has 2 fully saturated rings. The van der Waals surface area contributed by atoms with Gasteiger partial charge in [0.25, 0.3) is 0 Å². The molecule has 0 radical (unpaired) electrons. The third-order valence-electron chi connectivity index (χ3n) is 5.84. The number of hydrogen-bond acceptors (Lipinski definition) is 8. The maximum absolute atomic E-state index is 11.0. The first-order valence-electron chi connectivity index (χ1n) is 12.7. The van der Waals surface area contributed by atoms with E-state index in [4.69, 9.17) is 21.4 Å². The maximum atomic E-state index is 11.0.